The Morgan fingerprint density at radius 3 is 1.74 bits per heavy atom. The number of carbonyl (C=O) groups excluding carboxylic acids is 2. The second kappa shape index (κ2) is 16.2. The van der Waals surface area contributed by atoms with Crippen molar-refractivity contribution in [1.82, 2.24) is 4.90 Å². The molecule has 1 atom stereocenters. The quantitative estimate of drug-likeness (QED) is 0.0951. The fraction of sp³-hybridized carbons (Fsp3) is 0.529. The van der Waals surface area contributed by atoms with Gasteiger partial charge in [-0.05, 0) is 31.0 Å². The number of hydrogen-bond acceptors (Lipinski definition) is 3. The molecule has 0 aromatic heterocycles. The van der Waals surface area contributed by atoms with Crippen molar-refractivity contribution in [3.8, 4) is 0 Å². The van der Waals surface area contributed by atoms with Gasteiger partial charge in [-0.25, -0.2) is 4.39 Å². The summed E-state index contributed by atoms with van der Waals surface area (Å²) in [5, 5.41) is 11.1. The predicted molar refractivity (Wildman–Crippen MR) is 157 cm³/mol. The summed E-state index contributed by atoms with van der Waals surface area (Å²) in [7, 11) is 0. The first-order valence-corrected chi connectivity index (χ1v) is 15.0. The van der Waals surface area contributed by atoms with E-state index in [9.17, 15) is 19.1 Å². The fourth-order valence-electron chi connectivity index (χ4n) is 5.45. The Morgan fingerprint density at radius 2 is 1.23 bits per heavy atom. The highest BCUT2D eigenvalue weighted by Gasteiger charge is 2.45. The monoisotopic (exact) mass is 535 g/mol. The lowest BCUT2D eigenvalue weighted by Gasteiger charge is -2.25. The van der Waals surface area contributed by atoms with Crippen LogP contribution in [0.5, 0.6) is 0 Å². The van der Waals surface area contributed by atoms with Crippen LogP contribution < -0.4 is 0 Å². The first kappa shape index (κ1) is 30.6. The van der Waals surface area contributed by atoms with Crippen molar-refractivity contribution in [1.29, 1.82) is 0 Å². The van der Waals surface area contributed by atoms with Crippen LogP contribution in [-0.2, 0) is 9.59 Å². The number of halogens is 1. The van der Waals surface area contributed by atoms with E-state index in [1.54, 1.807) is 29.2 Å². The van der Waals surface area contributed by atoms with Gasteiger partial charge in [-0.3, -0.25) is 9.59 Å². The van der Waals surface area contributed by atoms with Crippen LogP contribution in [0.3, 0.4) is 0 Å². The Labute approximate surface area is 234 Å². The summed E-state index contributed by atoms with van der Waals surface area (Å²) >= 11 is 0. The molecule has 1 N–H and O–H groups in total. The van der Waals surface area contributed by atoms with Gasteiger partial charge in [0.2, 0.25) is 0 Å². The maximum absolute atomic E-state index is 13.7. The maximum Gasteiger partial charge on any atom is 0.295 e. The van der Waals surface area contributed by atoms with Gasteiger partial charge in [-0.1, -0.05) is 132 Å². The number of nitrogens with zero attached hydrogens (tertiary/aromatic N) is 1. The SMILES string of the molecule is CCCCCCCCCCCCCCCCN1C(=O)C(=O)/C(=C(/O)c2ccc(C)cc2)C1c1ccc(F)cc1. The summed E-state index contributed by atoms with van der Waals surface area (Å²) in [6, 6.07) is 12.3. The number of aliphatic hydroxyl groups excluding tert-OH is 1. The summed E-state index contributed by atoms with van der Waals surface area (Å²) in [5.74, 6) is -1.87. The van der Waals surface area contributed by atoms with Crippen LogP contribution in [0.1, 0.15) is 120 Å². The molecule has 1 aliphatic rings. The third kappa shape index (κ3) is 9.05. The van der Waals surface area contributed by atoms with Crippen molar-refractivity contribution in [2.45, 2.75) is 110 Å². The molecule has 2 aromatic rings. The van der Waals surface area contributed by atoms with Gasteiger partial charge in [0.1, 0.15) is 11.6 Å². The lowest BCUT2D eigenvalue weighted by Crippen LogP contribution is -2.30. The minimum absolute atomic E-state index is 0.0702. The first-order valence-electron chi connectivity index (χ1n) is 15.0. The standard InChI is InChI=1S/C34H46FNO3/c1-3-4-5-6-7-8-9-10-11-12-13-14-15-16-25-36-31(27-21-23-29(35)24-22-27)30(33(38)34(36)39)32(37)28-19-17-26(2)18-20-28/h17-24,31,37H,3-16,25H2,1-2H3/b32-30+. The number of amides is 1. The zero-order valence-corrected chi connectivity index (χ0v) is 23.9. The predicted octanol–water partition coefficient (Wildman–Crippen LogP) is 9.04. The van der Waals surface area contributed by atoms with Crippen LogP contribution in [0.4, 0.5) is 4.39 Å². The molecule has 0 bridgehead atoms. The van der Waals surface area contributed by atoms with E-state index in [1.165, 1.54) is 82.8 Å². The van der Waals surface area contributed by atoms with Gasteiger partial charge >= 0.3 is 0 Å². The maximum atomic E-state index is 13.7. The number of benzene rings is 2. The summed E-state index contributed by atoms with van der Waals surface area (Å²) in [4.78, 5) is 27.7. The van der Waals surface area contributed by atoms with E-state index in [2.05, 4.69) is 6.92 Å². The minimum atomic E-state index is -0.728. The highest BCUT2D eigenvalue weighted by atomic mass is 19.1. The van der Waals surface area contributed by atoms with Gasteiger partial charge in [0.15, 0.2) is 0 Å². The molecular weight excluding hydrogens is 489 g/mol. The highest BCUT2D eigenvalue weighted by molar-refractivity contribution is 6.46. The van der Waals surface area contributed by atoms with Gasteiger partial charge in [-0.15, -0.1) is 0 Å². The third-order valence-electron chi connectivity index (χ3n) is 7.80. The number of hydrogen-bond donors (Lipinski definition) is 1. The molecule has 4 nitrogen and oxygen atoms in total. The number of aryl methyl sites for hydroxylation is 1. The van der Waals surface area contributed by atoms with Crippen molar-refractivity contribution in [2.24, 2.45) is 0 Å². The van der Waals surface area contributed by atoms with Crippen molar-refractivity contribution >= 4 is 17.4 Å². The molecule has 5 heteroatoms. The minimum Gasteiger partial charge on any atom is -0.507 e. The van der Waals surface area contributed by atoms with Gasteiger partial charge < -0.3 is 10.0 Å². The van der Waals surface area contributed by atoms with Crippen LogP contribution >= 0.6 is 0 Å². The molecule has 1 fully saturated rings. The largest absolute Gasteiger partial charge is 0.507 e. The number of aliphatic hydroxyl groups is 1. The van der Waals surface area contributed by atoms with Gasteiger partial charge in [0, 0.05) is 12.1 Å². The molecule has 1 amide bonds. The van der Waals surface area contributed by atoms with E-state index in [0.717, 1.165) is 24.8 Å². The summed E-state index contributed by atoms with van der Waals surface area (Å²) in [6.45, 7) is 4.62. The molecule has 1 saturated heterocycles. The van der Waals surface area contributed by atoms with Gasteiger partial charge in [-0.2, -0.15) is 0 Å². The van der Waals surface area contributed by atoms with Crippen LogP contribution in [0.25, 0.3) is 5.76 Å². The van der Waals surface area contributed by atoms with E-state index < -0.39 is 17.7 Å². The Kier molecular flexibility index (Phi) is 12.7. The van der Waals surface area contributed by atoms with Crippen molar-refractivity contribution in [2.75, 3.05) is 6.54 Å². The van der Waals surface area contributed by atoms with Crippen LogP contribution in [-0.4, -0.2) is 28.2 Å². The number of likely N-dealkylation sites (tertiary alicyclic amines) is 1. The topological polar surface area (TPSA) is 57.6 Å². The van der Waals surface area contributed by atoms with Crippen molar-refractivity contribution < 1.29 is 19.1 Å². The lowest BCUT2D eigenvalue weighted by molar-refractivity contribution is -0.139. The van der Waals surface area contributed by atoms with E-state index in [0.29, 0.717) is 17.7 Å². The van der Waals surface area contributed by atoms with E-state index in [4.69, 9.17) is 0 Å². The van der Waals surface area contributed by atoms with Gasteiger partial charge in [0.25, 0.3) is 11.7 Å². The molecule has 0 aliphatic carbocycles. The summed E-state index contributed by atoms with van der Waals surface area (Å²) < 4.78 is 13.7. The number of unbranched alkanes of at least 4 members (excludes halogenated alkanes) is 13. The molecular formula is C34H46FNO3. The lowest BCUT2D eigenvalue weighted by atomic mass is 9.95. The van der Waals surface area contributed by atoms with E-state index >= 15 is 0 Å². The second-order valence-corrected chi connectivity index (χ2v) is 11.0. The molecule has 1 aliphatic heterocycles. The molecule has 39 heavy (non-hydrogen) atoms. The average molecular weight is 536 g/mol. The second-order valence-electron chi connectivity index (χ2n) is 11.0. The first-order chi connectivity index (χ1) is 18.9. The average Bonchev–Trinajstić information content (AvgIpc) is 3.18. The Hall–Kier alpha value is -2.95. The molecule has 3 rings (SSSR count). The van der Waals surface area contributed by atoms with E-state index in [1.807, 2.05) is 19.1 Å². The highest BCUT2D eigenvalue weighted by Crippen LogP contribution is 2.39. The molecule has 1 heterocycles. The number of ketones is 1. The molecule has 212 valence electrons. The van der Waals surface area contributed by atoms with E-state index in [-0.39, 0.29) is 17.1 Å². The Balaban J connectivity index is 1.52. The summed E-state index contributed by atoms with van der Waals surface area (Å²) in [5.41, 5.74) is 2.21. The number of Topliss-reactive ketones (excluding diaryl/α,β-unsaturated/α-hetero) is 1. The van der Waals surface area contributed by atoms with Crippen LogP contribution in [0, 0.1) is 12.7 Å². The number of carbonyl (C=O) groups is 2. The molecule has 1 unspecified atom stereocenters. The van der Waals surface area contributed by atoms with Crippen LogP contribution in [0.2, 0.25) is 0 Å². The zero-order chi connectivity index (χ0) is 28.0. The Bertz CT molecular complexity index is 1070. The van der Waals surface area contributed by atoms with Crippen molar-refractivity contribution in [3.05, 3.63) is 76.6 Å². The van der Waals surface area contributed by atoms with Crippen LogP contribution in [0.15, 0.2) is 54.1 Å². The molecule has 0 radical (unpaired) electrons. The van der Waals surface area contributed by atoms with Crippen molar-refractivity contribution in [3.63, 3.8) is 0 Å². The Morgan fingerprint density at radius 1 is 0.744 bits per heavy atom. The molecule has 0 saturated carbocycles. The fourth-order valence-corrected chi connectivity index (χ4v) is 5.45. The van der Waals surface area contributed by atoms with Gasteiger partial charge in [0.05, 0.1) is 11.6 Å². The normalized spacial score (nSPS) is 16.8. The number of rotatable bonds is 17. The molecule has 2 aromatic carbocycles. The zero-order valence-electron chi connectivity index (χ0n) is 23.9. The smallest absolute Gasteiger partial charge is 0.295 e. The summed E-state index contributed by atoms with van der Waals surface area (Å²) in [6.07, 6.45) is 17.4. The third-order valence-corrected chi connectivity index (χ3v) is 7.80. The molecule has 0 spiro atoms.